The SMILES string of the molecule is COCCn1cc(NC(C)c2ccc(C)cc2)cn1. The number of aromatic nitrogens is 2. The second-order valence-corrected chi connectivity index (χ2v) is 4.76. The van der Waals surface area contributed by atoms with Crippen LogP contribution in [0.1, 0.15) is 24.1 Å². The second-order valence-electron chi connectivity index (χ2n) is 4.76. The molecule has 0 bridgehead atoms. The Labute approximate surface area is 114 Å². The number of aryl methyl sites for hydroxylation is 1. The summed E-state index contributed by atoms with van der Waals surface area (Å²) in [5, 5.41) is 7.74. The predicted molar refractivity (Wildman–Crippen MR) is 77.3 cm³/mol. The van der Waals surface area contributed by atoms with E-state index in [1.807, 2.05) is 17.1 Å². The Morgan fingerprint density at radius 1 is 1.32 bits per heavy atom. The van der Waals surface area contributed by atoms with Gasteiger partial charge >= 0.3 is 0 Å². The molecule has 2 aromatic rings. The number of benzene rings is 1. The van der Waals surface area contributed by atoms with E-state index in [-0.39, 0.29) is 6.04 Å². The van der Waals surface area contributed by atoms with Crippen LogP contribution in [0.25, 0.3) is 0 Å². The summed E-state index contributed by atoms with van der Waals surface area (Å²) in [6, 6.07) is 8.84. The van der Waals surface area contributed by atoms with Gasteiger partial charge in [-0.25, -0.2) is 0 Å². The van der Waals surface area contributed by atoms with E-state index in [1.54, 1.807) is 7.11 Å². The molecule has 102 valence electrons. The van der Waals surface area contributed by atoms with E-state index in [2.05, 4.69) is 48.5 Å². The van der Waals surface area contributed by atoms with Crippen LogP contribution in [0.4, 0.5) is 5.69 Å². The first kappa shape index (κ1) is 13.6. The maximum atomic E-state index is 5.04. The summed E-state index contributed by atoms with van der Waals surface area (Å²) in [5.41, 5.74) is 3.59. The van der Waals surface area contributed by atoms with Gasteiger partial charge in [-0.2, -0.15) is 5.10 Å². The summed E-state index contributed by atoms with van der Waals surface area (Å²) in [6.07, 6.45) is 3.85. The van der Waals surface area contributed by atoms with Crippen LogP contribution in [0.2, 0.25) is 0 Å². The first-order valence-electron chi connectivity index (χ1n) is 6.53. The van der Waals surface area contributed by atoms with Crippen LogP contribution in [-0.4, -0.2) is 23.5 Å². The molecule has 1 aromatic carbocycles. The molecule has 0 amide bonds. The van der Waals surface area contributed by atoms with Crippen molar-refractivity contribution in [2.24, 2.45) is 0 Å². The molecular formula is C15H21N3O. The van der Waals surface area contributed by atoms with Crippen LogP contribution in [0.5, 0.6) is 0 Å². The molecule has 0 spiro atoms. The highest BCUT2D eigenvalue weighted by molar-refractivity contribution is 5.41. The third kappa shape index (κ3) is 3.83. The van der Waals surface area contributed by atoms with Gasteiger partial charge in [0.15, 0.2) is 0 Å². The topological polar surface area (TPSA) is 39.1 Å². The summed E-state index contributed by atoms with van der Waals surface area (Å²) >= 11 is 0. The molecule has 0 fully saturated rings. The molecule has 0 aliphatic carbocycles. The fourth-order valence-corrected chi connectivity index (χ4v) is 1.93. The molecular weight excluding hydrogens is 238 g/mol. The molecule has 0 saturated carbocycles. The van der Waals surface area contributed by atoms with Gasteiger partial charge in [-0.3, -0.25) is 4.68 Å². The minimum atomic E-state index is 0.265. The van der Waals surface area contributed by atoms with Crippen LogP contribution < -0.4 is 5.32 Å². The van der Waals surface area contributed by atoms with Crippen LogP contribution in [0, 0.1) is 6.92 Å². The predicted octanol–water partition coefficient (Wildman–Crippen LogP) is 3.01. The van der Waals surface area contributed by atoms with Crippen molar-refractivity contribution in [1.29, 1.82) is 0 Å². The lowest BCUT2D eigenvalue weighted by atomic mass is 10.1. The van der Waals surface area contributed by atoms with Gasteiger partial charge in [-0.15, -0.1) is 0 Å². The van der Waals surface area contributed by atoms with Gasteiger partial charge in [-0.1, -0.05) is 29.8 Å². The van der Waals surface area contributed by atoms with E-state index in [9.17, 15) is 0 Å². The van der Waals surface area contributed by atoms with Crippen LogP contribution >= 0.6 is 0 Å². The van der Waals surface area contributed by atoms with E-state index < -0.39 is 0 Å². The van der Waals surface area contributed by atoms with Crippen LogP contribution in [0.3, 0.4) is 0 Å². The van der Waals surface area contributed by atoms with Gasteiger partial charge in [0.05, 0.1) is 25.0 Å². The summed E-state index contributed by atoms with van der Waals surface area (Å²) in [4.78, 5) is 0. The Morgan fingerprint density at radius 3 is 2.74 bits per heavy atom. The van der Waals surface area contributed by atoms with Crippen molar-refractivity contribution >= 4 is 5.69 Å². The number of nitrogens with zero attached hydrogens (tertiary/aromatic N) is 2. The fourth-order valence-electron chi connectivity index (χ4n) is 1.93. The lowest BCUT2D eigenvalue weighted by Gasteiger charge is -2.14. The lowest BCUT2D eigenvalue weighted by molar-refractivity contribution is 0.183. The quantitative estimate of drug-likeness (QED) is 0.866. The van der Waals surface area contributed by atoms with Crippen molar-refractivity contribution in [1.82, 2.24) is 9.78 Å². The first-order valence-corrected chi connectivity index (χ1v) is 6.53. The smallest absolute Gasteiger partial charge is 0.0731 e. The summed E-state index contributed by atoms with van der Waals surface area (Å²) < 4.78 is 6.92. The van der Waals surface area contributed by atoms with E-state index in [0.29, 0.717) is 6.61 Å². The molecule has 0 aliphatic heterocycles. The molecule has 1 heterocycles. The zero-order chi connectivity index (χ0) is 13.7. The standard InChI is InChI=1S/C15H21N3O/c1-12-4-6-14(7-5-12)13(2)17-15-10-16-18(11-15)8-9-19-3/h4-7,10-11,13,17H,8-9H2,1-3H3. The van der Waals surface area contributed by atoms with E-state index in [4.69, 9.17) is 4.74 Å². The Balaban J connectivity index is 1.96. The summed E-state index contributed by atoms with van der Waals surface area (Å²) in [6.45, 7) is 5.70. The highest BCUT2D eigenvalue weighted by atomic mass is 16.5. The minimum Gasteiger partial charge on any atom is -0.383 e. The monoisotopic (exact) mass is 259 g/mol. The molecule has 1 unspecified atom stereocenters. The van der Waals surface area contributed by atoms with Gasteiger partial charge < -0.3 is 10.1 Å². The molecule has 0 aliphatic rings. The molecule has 1 atom stereocenters. The fraction of sp³-hybridized carbons (Fsp3) is 0.400. The molecule has 2 rings (SSSR count). The zero-order valence-corrected chi connectivity index (χ0v) is 11.8. The number of ether oxygens (including phenoxy) is 1. The average Bonchev–Trinajstić information content (AvgIpc) is 2.84. The van der Waals surface area contributed by atoms with Gasteiger partial charge in [0.25, 0.3) is 0 Å². The highest BCUT2D eigenvalue weighted by Gasteiger charge is 2.06. The van der Waals surface area contributed by atoms with Gasteiger partial charge in [-0.05, 0) is 19.4 Å². The molecule has 0 saturated heterocycles. The lowest BCUT2D eigenvalue weighted by Crippen LogP contribution is -2.06. The second kappa shape index (κ2) is 6.38. The summed E-state index contributed by atoms with van der Waals surface area (Å²) in [7, 11) is 1.70. The Hall–Kier alpha value is -1.81. The summed E-state index contributed by atoms with van der Waals surface area (Å²) in [5.74, 6) is 0. The third-order valence-electron chi connectivity index (χ3n) is 3.12. The number of hydrogen-bond donors (Lipinski definition) is 1. The van der Waals surface area contributed by atoms with Crippen molar-refractivity contribution in [3.05, 3.63) is 47.8 Å². The third-order valence-corrected chi connectivity index (χ3v) is 3.12. The minimum absolute atomic E-state index is 0.265. The number of rotatable bonds is 6. The number of hydrogen-bond acceptors (Lipinski definition) is 3. The van der Waals surface area contributed by atoms with E-state index >= 15 is 0 Å². The van der Waals surface area contributed by atoms with Crippen molar-refractivity contribution in [2.75, 3.05) is 19.0 Å². The van der Waals surface area contributed by atoms with Gasteiger partial charge in [0.2, 0.25) is 0 Å². The largest absolute Gasteiger partial charge is 0.383 e. The van der Waals surface area contributed by atoms with Crippen LogP contribution in [0.15, 0.2) is 36.7 Å². The van der Waals surface area contributed by atoms with Crippen molar-refractivity contribution in [3.8, 4) is 0 Å². The molecule has 4 heteroatoms. The number of nitrogens with one attached hydrogen (secondary N) is 1. The maximum absolute atomic E-state index is 5.04. The maximum Gasteiger partial charge on any atom is 0.0731 e. The van der Waals surface area contributed by atoms with E-state index in [1.165, 1.54) is 11.1 Å². The Morgan fingerprint density at radius 2 is 2.05 bits per heavy atom. The Bertz CT molecular complexity index is 504. The zero-order valence-electron chi connectivity index (χ0n) is 11.8. The van der Waals surface area contributed by atoms with Crippen molar-refractivity contribution in [2.45, 2.75) is 26.4 Å². The molecule has 0 radical (unpaired) electrons. The molecule has 1 aromatic heterocycles. The Kier molecular flexibility index (Phi) is 4.58. The first-order chi connectivity index (χ1) is 9.19. The van der Waals surface area contributed by atoms with Crippen molar-refractivity contribution in [3.63, 3.8) is 0 Å². The number of anilines is 1. The van der Waals surface area contributed by atoms with Gasteiger partial charge in [0, 0.05) is 19.3 Å². The van der Waals surface area contributed by atoms with Gasteiger partial charge in [0.1, 0.15) is 0 Å². The molecule has 19 heavy (non-hydrogen) atoms. The van der Waals surface area contributed by atoms with E-state index in [0.717, 1.165) is 12.2 Å². The molecule has 1 N–H and O–H groups in total. The van der Waals surface area contributed by atoms with Crippen molar-refractivity contribution < 1.29 is 4.74 Å². The molecule has 4 nitrogen and oxygen atoms in total. The number of methoxy groups -OCH3 is 1. The average molecular weight is 259 g/mol. The normalized spacial score (nSPS) is 12.4. The van der Waals surface area contributed by atoms with Crippen LogP contribution in [-0.2, 0) is 11.3 Å². The highest BCUT2D eigenvalue weighted by Crippen LogP contribution is 2.19.